The molecule has 0 aliphatic heterocycles. The normalized spacial score (nSPS) is 12.2. The summed E-state index contributed by atoms with van der Waals surface area (Å²) < 4.78 is 44.8. The highest BCUT2D eigenvalue weighted by Crippen LogP contribution is 2.19. The van der Waals surface area contributed by atoms with Crippen LogP contribution in [-0.4, -0.2) is 20.5 Å². The van der Waals surface area contributed by atoms with Crippen LogP contribution < -0.4 is 4.72 Å². The van der Waals surface area contributed by atoms with Gasteiger partial charge in [0.05, 0.1) is 15.5 Å². The Morgan fingerprint density at radius 2 is 1.96 bits per heavy atom. The third-order valence-electron chi connectivity index (χ3n) is 3.32. The Bertz CT molecular complexity index is 956. The molecule has 0 saturated heterocycles. The number of hydrogen-bond donors (Lipinski definition) is 1. The van der Waals surface area contributed by atoms with Crippen LogP contribution in [0.2, 0.25) is 5.02 Å². The van der Waals surface area contributed by atoms with Crippen LogP contribution in [0.25, 0.3) is 0 Å². The van der Waals surface area contributed by atoms with Crippen LogP contribution in [0.3, 0.4) is 0 Å². The molecule has 26 heavy (non-hydrogen) atoms. The molecule has 9 heteroatoms. The molecule has 0 aliphatic rings. The van der Waals surface area contributed by atoms with Gasteiger partial charge in [-0.15, -0.1) is 0 Å². The highest BCUT2D eigenvalue weighted by atomic mass is 35.5. The molecule has 2 aromatic carbocycles. The van der Waals surface area contributed by atoms with E-state index >= 15 is 0 Å². The second kappa shape index (κ2) is 8.27. The minimum absolute atomic E-state index is 0.0404. The Morgan fingerprint density at radius 1 is 1.31 bits per heavy atom. The van der Waals surface area contributed by atoms with Crippen LogP contribution in [0, 0.1) is 17.1 Å². The van der Waals surface area contributed by atoms with E-state index in [1.54, 1.807) is 18.2 Å². The topological polar surface area (TPSA) is 96.3 Å². The minimum atomic E-state index is -3.87. The van der Waals surface area contributed by atoms with Gasteiger partial charge >= 0.3 is 5.97 Å². The Labute approximate surface area is 155 Å². The van der Waals surface area contributed by atoms with Crippen molar-refractivity contribution in [1.29, 1.82) is 5.26 Å². The van der Waals surface area contributed by atoms with Gasteiger partial charge in [0.25, 0.3) is 0 Å². The van der Waals surface area contributed by atoms with Gasteiger partial charge in [-0.1, -0.05) is 23.7 Å². The molecule has 0 unspecified atom stereocenters. The maximum absolute atomic E-state index is 13.1. The Hall–Kier alpha value is -2.47. The number of halogens is 2. The molecule has 2 rings (SSSR count). The van der Waals surface area contributed by atoms with Crippen LogP contribution in [0.5, 0.6) is 0 Å². The summed E-state index contributed by atoms with van der Waals surface area (Å²) in [5.41, 5.74) is 0.829. The number of sulfonamides is 1. The average molecular weight is 397 g/mol. The molecule has 1 N–H and O–H groups in total. The van der Waals surface area contributed by atoms with E-state index in [9.17, 15) is 17.6 Å². The smallest absolute Gasteiger partial charge is 0.339 e. The third-order valence-corrected chi connectivity index (χ3v) is 5.01. The monoisotopic (exact) mass is 396 g/mol. The number of nitriles is 1. The number of esters is 1. The summed E-state index contributed by atoms with van der Waals surface area (Å²) >= 11 is 5.60. The fourth-order valence-electron chi connectivity index (χ4n) is 1.92. The first-order valence-electron chi connectivity index (χ1n) is 7.37. The van der Waals surface area contributed by atoms with Crippen LogP contribution in [-0.2, 0) is 21.3 Å². The Morgan fingerprint density at radius 3 is 2.54 bits per heavy atom. The van der Waals surface area contributed by atoms with Gasteiger partial charge in [0.1, 0.15) is 11.9 Å². The fraction of sp³-hybridized carbons (Fsp3) is 0.176. The zero-order valence-corrected chi connectivity index (χ0v) is 15.1. The number of benzene rings is 2. The fourth-order valence-corrected chi connectivity index (χ4v) is 3.21. The van der Waals surface area contributed by atoms with E-state index < -0.39 is 27.9 Å². The molecular formula is C17H14ClFN2O4S. The van der Waals surface area contributed by atoms with Crippen molar-refractivity contribution in [2.24, 2.45) is 0 Å². The lowest BCUT2D eigenvalue weighted by molar-refractivity contribution is 0.0435. The van der Waals surface area contributed by atoms with Gasteiger partial charge in [-0.2, -0.15) is 5.26 Å². The predicted octanol–water partition coefficient (Wildman–Crippen LogP) is 3.03. The molecule has 0 aliphatic carbocycles. The highest BCUT2D eigenvalue weighted by Gasteiger charge is 2.16. The van der Waals surface area contributed by atoms with E-state index in [1.807, 2.05) is 0 Å². The summed E-state index contributed by atoms with van der Waals surface area (Å²) in [6.45, 7) is 1.41. The van der Waals surface area contributed by atoms with Crippen LogP contribution in [0.15, 0.2) is 47.4 Å². The number of nitrogens with zero attached hydrogens (tertiary/aromatic N) is 1. The van der Waals surface area contributed by atoms with Gasteiger partial charge in [0, 0.05) is 6.54 Å². The van der Waals surface area contributed by atoms with E-state index in [1.165, 1.54) is 19.1 Å². The lowest BCUT2D eigenvalue weighted by Crippen LogP contribution is -2.23. The maximum Gasteiger partial charge on any atom is 0.339 e. The predicted molar refractivity (Wildman–Crippen MR) is 92.4 cm³/mol. The molecular weight excluding hydrogens is 383 g/mol. The summed E-state index contributed by atoms with van der Waals surface area (Å²) in [5, 5.41) is 8.34. The van der Waals surface area contributed by atoms with Crippen molar-refractivity contribution < 1.29 is 22.3 Å². The van der Waals surface area contributed by atoms with E-state index in [-0.39, 0.29) is 22.0 Å². The molecule has 0 radical (unpaired) electrons. The SMILES string of the molecule is C[C@@H](C#N)OC(=O)c1ccc(CNS(=O)(=O)c2ccc(F)c(Cl)c2)cc1. The first-order valence-corrected chi connectivity index (χ1v) is 9.23. The van der Waals surface area contributed by atoms with Gasteiger partial charge in [0.15, 0.2) is 6.10 Å². The van der Waals surface area contributed by atoms with Gasteiger partial charge < -0.3 is 4.74 Å². The minimum Gasteiger partial charge on any atom is -0.444 e. The van der Waals surface area contributed by atoms with Gasteiger partial charge in [0.2, 0.25) is 10.0 Å². The van der Waals surface area contributed by atoms with Crippen molar-refractivity contribution >= 4 is 27.6 Å². The molecule has 0 aromatic heterocycles. The van der Waals surface area contributed by atoms with Crippen LogP contribution in [0.4, 0.5) is 4.39 Å². The van der Waals surface area contributed by atoms with Crippen molar-refractivity contribution in [2.75, 3.05) is 0 Å². The van der Waals surface area contributed by atoms with Gasteiger partial charge in [-0.25, -0.2) is 22.3 Å². The second-order valence-corrected chi connectivity index (χ2v) is 7.45. The number of rotatable bonds is 6. The summed E-state index contributed by atoms with van der Waals surface area (Å²) in [4.78, 5) is 11.6. The van der Waals surface area contributed by atoms with Crippen molar-refractivity contribution in [3.05, 3.63) is 64.4 Å². The molecule has 2 aromatic rings. The van der Waals surface area contributed by atoms with Crippen LogP contribution >= 0.6 is 11.6 Å². The summed E-state index contributed by atoms with van der Waals surface area (Å²) in [6, 6.07) is 10.9. The van der Waals surface area contributed by atoms with E-state index in [0.29, 0.717) is 5.56 Å². The third kappa shape index (κ3) is 5.02. The van der Waals surface area contributed by atoms with Gasteiger partial charge in [-0.3, -0.25) is 0 Å². The molecule has 0 fully saturated rings. The first kappa shape index (κ1) is 19.8. The Balaban J connectivity index is 2.04. The highest BCUT2D eigenvalue weighted by molar-refractivity contribution is 7.89. The summed E-state index contributed by atoms with van der Waals surface area (Å²) in [6.07, 6.45) is -0.864. The van der Waals surface area contributed by atoms with Crippen molar-refractivity contribution in [3.8, 4) is 6.07 Å². The van der Waals surface area contributed by atoms with E-state index in [0.717, 1.165) is 18.2 Å². The Kier molecular flexibility index (Phi) is 6.32. The molecule has 0 bridgehead atoms. The zero-order chi connectivity index (χ0) is 19.3. The quantitative estimate of drug-likeness (QED) is 0.757. The molecule has 0 amide bonds. The molecule has 0 heterocycles. The van der Waals surface area contributed by atoms with Crippen LogP contribution in [0.1, 0.15) is 22.8 Å². The number of nitrogens with one attached hydrogen (secondary N) is 1. The molecule has 6 nitrogen and oxygen atoms in total. The van der Waals surface area contributed by atoms with Crippen molar-refractivity contribution in [3.63, 3.8) is 0 Å². The standard InChI is InChI=1S/C17H14ClFN2O4S/c1-11(9-20)25-17(22)13-4-2-12(3-5-13)10-21-26(23,24)14-6-7-16(19)15(18)8-14/h2-8,11,21H,10H2,1H3/t11-/m0/s1. The van der Waals surface area contributed by atoms with Crippen molar-refractivity contribution in [1.82, 2.24) is 4.72 Å². The lowest BCUT2D eigenvalue weighted by Gasteiger charge is -2.09. The first-order chi connectivity index (χ1) is 12.2. The number of ether oxygens (including phenoxy) is 1. The number of hydrogen-bond acceptors (Lipinski definition) is 5. The summed E-state index contributed by atoms with van der Waals surface area (Å²) in [7, 11) is -3.87. The second-order valence-electron chi connectivity index (χ2n) is 5.27. The van der Waals surface area contributed by atoms with E-state index in [2.05, 4.69) is 4.72 Å². The maximum atomic E-state index is 13.1. The lowest BCUT2D eigenvalue weighted by atomic mass is 10.1. The molecule has 0 saturated carbocycles. The largest absolute Gasteiger partial charge is 0.444 e. The molecule has 136 valence electrons. The number of carbonyl (C=O) groups is 1. The zero-order valence-electron chi connectivity index (χ0n) is 13.6. The molecule has 1 atom stereocenters. The number of carbonyl (C=O) groups excluding carboxylic acids is 1. The van der Waals surface area contributed by atoms with Crippen molar-refractivity contribution in [2.45, 2.75) is 24.5 Å². The average Bonchev–Trinajstić information content (AvgIpc) is 2.62. The van der Waals surface area contributed by atoms with E-state index in [4.69, 9.17) is 21.6 Å². The molecule has 0 spiro atoms. The summed E-state index contributed by atoms with van der Waals surface area (Å²) in [5.74, 6) is -1.36. The van der Waals surface area contributed by atoms with Gasteiger partial charge in [-0.05, 0) is 42.8 Å².